The van der Waals surface area contributed by atoms with Gasteiger partial charge in [0.25, 0.3) is 5.78 Å². The molecule has 0 spiro atoms. The molecule has 0 saturated heterocycles. The molecular weight excluding hydrogens is 236 g/mol. The minimum absolute atomic E-state index is 0.217. The van der Waals surface area contributed by atoms with E-state index in [0.717, 1.165) is 17.1 Å². The van der Waals surface area contributed by atoms with Crippen molar-refractivity contribution in [2.75, 3.05) is 12.4 Å². The van der Waals surface area contributed by atoms with E-state index in [1.807, 2.05) is 12.1 Å². The Labute approximate surface area is 106 Å². The van der Waals surface area contributed by atoms with Crippen LogP contribution < -0.4 is 0 Å². The first-order valence-electron chi connectivity index (χ1n) is 5.63. The summed E-state index contributed by atoms with van der Waals surface area (Å²) in [5.41, 5.74) is 0.379. The maximum atomic E-state index is 11.6. The predicted octanol–water partition coefficient (Wildman–Crippen LogP) is 2.93. The van der Waals surface area contributed by atoms with Crippen LogP contribution in [0.25, 0.3) is 0 Å². The van der Waals surface area contributed by atoms with E-state index in [-0.39, 0.29) is 6.61 Å². The number of carbonyl (C=O) groups excluding carboxylic acids is 2. The molecule has 0 amide bonds. The summed E-state index contributed by atoms with van der Waals surface area (Å²) < 4.78 is 4.66. The average Bonchev–Trinajstić information content (AvgIpc) is 2.36. The molecule has 0 saturated carbocycles. The van der Waals surface area contributed by atoms with Crippen LogP contribution in [0.1, 0.15) is 30.6 Å². The zero-order valence-corrected chi connectivity index (χ0v) is 10.9. The van der Waals surface area contributed by atoms with Crippen LogP contribution in [0.3, 0.4) is 0 Å². The van der Waals surface area contributed by atoms with Gasteiger partial charge >= 0.3 is 5.97 Å². The molecule has 0 unspecified atom stereocenters. The Hall–Kier alpha value is -1.29. The molecule has 0 aliphatic heterocycles. The quantitative estimate of drug-likeness (QED) is 0.338. The van der Waals surface area contributed by atoms with Gasteiger partial charge in [0, 0.05) is 10.5 Å². The van der Waals surface area contributed by atoms with Crippen LogP contribution in [-0.4, -0.2) is 24.1 Å². The van der Waals surface area contributed by atoms with E-state index in [1.54, 1.807) is 30.8 Å². The van der Waals surface area contributed by atoms with Gasteiger partial charge in [-0.1, -0.05) is 6.92 Å². The smallest absolute Gasteiger partial charge is 0.379 e. The van der Waals surface area contributed by atoms with Crippen molar-refractivity contribution in [1.82, 2.24) is 0 Å². The van der Waals surface area contributed by atoms with Crippen LogP contribution in [0.4, 0.5) is 0 Å². The highest BCUT2D eigenvalue weighted by atomic mass is 32.2. The fourth-order valence-electron chi connectivity index (χ4n) is 1.24. The van der Waals surface area contributed by atoms with Gasteiger partial charge < -0.3 is 4.74 Å². The number of hydrogen-bond acceptors (Lipinski definition) is 4. The van der Waals surface area contributed by atoms with Crippen LogP contribution in [0.5, 0.6) is 0 Å². The Morgan fingerprint density at radius 3 is 2.35 bits per heavy atom. The van der Waals surface area contributed by atoms with Gasteiger partial charge in [-0.05, 0) is 43.4 Å². The third-order valence-electron chi connectivity index (χ3n) is 2.05. The number of Topliss-reactive ketones (excluding diaryl/α,β-unsaturated/α-hetero) is 1. The fraction of sp³-hybridized carbons (Fsp3) is 0.385. The number of ether oxygens (including phenoxy) is 1. The minimum atomic E-state index is -0.790. The lowest BCUT2D eigenvalue weighted by Gasteiger charge is -2.03. The number of hydrogen-bond donors (Lipinski definition) is 0. The molecule has 17 heavy (non-hydrogen) atoms. The second-order valence-corrected chi connectivity index (χ2v) is 4.59. The van der Waals surface area contributed by atoms with Crippen molar-refractivity contribution in [3.63, 3.8) is 0 Å². The SMILES string of the molecule is CCCSc1ccc(C(=O)C(=O)OCC)cc1. The Bertz CT molecular complexity index is 384. The third-order valence-corrected chi connectivity index (χ3v) is 3.27. The molecule has 0 fully saturated rings. The van der Waals surface area contributed by atoms with Crippen molar-refractivity contribution in [3.05, 3.63) is 29.8 Å². The molecule has 0 bridgehead atoms. The van der Waals surface area contributed by atoms with Gasteiger partial charge in [-0.25, -0.2) is 4.79 Å². The van der Waals surface area contributed by atoms with Crippen molar-refractivity contribution < 1.29 is 14.3 Å². The average molecular weight is 252 g/mol. The summed E-state index contributed by atoms with van der Waals surface area (Å²) in [4.78, 5) is 23.9. The van der Waals surface area contributed by atoms with Gasteiger partial charge in [0.15, 0.2) is 0 Å². The highest BCUT2D eigenvalue weighted by molar-refractivity contribution is 7.99. The highest BCUT2D eigenvalue weighted by Gasteiger charge is 2.16. The highest BCUT2D eigenvalue weighted by Crippen LogP contribution is 2.19. The molecule has 0 aliphatic rings. The largest absolute Gasteiger partial charge is 0.460 e. The molecule has 0 aromatic heterocycles. The van der Waals surface area contributed by atoms with E-state index in [9.17, 15) is 9.59 Å². The number of thioether (sulfide) groups is 1. The van der Waals surface area contributed by atoms with Crippen molar-refractivity contribution in [2.45, 2.75) is 25.2 Å². The molecule has 0 heterocycles. The standard InChI is InChI=1S/C13H16O3S/c1-3-9-17-11-7-5-10(6-8-11)12(14)13(15)16-4-2/h5-8H,3-4,9H2,1-2H3. The molecule has 3 nitrogen and oxygen atoms in total. The van der Waals surface area contributed by atoms with E-state index in [4.69, 9.17) is 0 Å². The maximum absolute atomic E-state index is 11.6. The fourth-order valence-corrected chi connectivity index (χ4v) is 2.01. The third kappa shape index (κ3) is 4.23. The molecule has 4 heteroatoms. The molecule has 0 radical (unpaired) electrons. The molecule has 0 aliphatic carbocycles. The summed E-state index contributed by atoms with van der Waals surface area (Å²) >= 11 is 1.73. The summed E-state index contributed by atoms with van der Waals surface area (Å²) in [5, 5.41) is 0. The Morgan fingerprint density at radius 1 is 1.18 bits per heavy atom. The second kappa shape index (κ2) is 7.12. The first-order valence-corrected chi connectivity index (χ1v) is 6.62. The first-order chi connectivity index (χ1) is 8.19. The summed E-state index contributed by atoms with van der Waals surface area (Å²) in [7, 11) is 0. The molecule has 0 atom stereocenters. The van der Waals surface area contributed by atoms with Crippen molar-refractivity contribution in [3.8, 4) is 0 Å². The van der Waals surface area contributed by atoms with Gasteiger partial charge in [0.1, 0.15) is 0 Å². The number of esters is 1. The Kier molecular flexibility index (Phi) is 5.77. The number of rotatable bonds is 6. The van der Waals surface area contributed by atoms with Crippen molar-refractivity contribution in [1.29, 1.82) is 0 Å². The van der Waals surface area contributed by atoms with E-state index >= 15 is 0 Å². The van der Waals surface area contributed by atoms with Crippen LogP contribution in [-0.2, 0) is 9.53 Å². The molecule has 92 valence electrons. The molecule has 0 N–H and O–H groups in total. The topological polar surface area (TPSA) is 43.4 Å². The number of carbonyl (C=O) groups is 2. The number of benzene rings is 1. The van der Waals surface area contributed by atoms with Gasteiger partial charge in [-0.3, -0.25) is 4.79 Å². The zero-order chi connectivity index (χ0) is 12.7. The van der Waals surface area contributed by atoms with E-state index in [2.05, 4.69) is 11.7 Å². The second-order valence-electron chi connectivity index (χ2n) is 3.42. The minimum Gasteiger partial charge on any atom is -0.460 e. The van der Waals surface area contributed by atoms with Crippen LogP contribution in [0, 0.1) is 0 Å². The van der Waals surface area contributed by atoms with Crippen molar-refractivity contribution in [2.24, 2.45) is 0 Å². The predicted molar refractivity (Wildman–Crippen MR) is 68.4 cm³/mol. The van der Waals surface area contributed by atoms with Crippen molar-refractivity contribution >= 4 is 23.5 Å². The molecule has 1 rings (SSSR count). The van der Waals surface area contributed by atoms with Gasteiger partial charge in [0.05, 0.1) is 6.61 Å². The Balaban J connectivity index is 2.67. The summed E-state index contributed by atoms with van der Waals surface area (Å²) in [5.74, 6) is -0.328. The molecule has 1 aromatic carbocycles. The van der Waals surface area contributed by atoms with Gasteiger partial charge in [0.2, 0.25) is 0 Å². The van der Waals surface area contributed by atoms with Gasteiger partial charge in [-0.15, -0.1) is 11.8 Å². The molecular formula is C13H16O3S. The lowest BCUT2D eigenvalue weighted by molar-refractivity contribution is -0.137. The van der Waals surface area contributed by atoms with E-state index in [1.165, 1.54) is 0 Å². The van der Waals surface area contributed by atoms with E-state index < -0.39 is 11.8 Å². The summed E-state index contributed by atoms with van der Waals surface area (Å²) in [6.45, 7) is 4.01. The monoisotopic (exact) mass is 252 g/mol. The maximum Gasteiger partial charge on any atom is 0.379 e. The Morgan fingerprint density at radius 2 is 1.82 bits per heavy atom. The number of ketones is 1. The lowest BCUT2D eigenvalue weighted by Crippen LogP contribution is -2.17. The summed E-state index contributed by atoms with van der Waals surface area (Å²) in [6.07, 6.45) is 1.11. The lowest BCUT2D eigenvalue weighted by atomic mass is 10.1. The molecule has 1 aromatic rings. The normalized spacial score (nSPS) is 10.0. The zero-order valence-electron chi connectivity index (χ0n) is 10.1. The van der Waals surface area contributed by atoms with Crippen LogP contribution in [0.2, 0.25) is 0 Å². The summed E-state index contributed by atoms with van der Waals surface area (Å²) in [6, 6.07) is 7.04. The first kappa shape index (κ1) is 13.8. The van der Waals surface area contributed by atoms with Crippen LogP contribution >= 0.6 is 11.8 Å². The van der Waals surface area contributed by atoms with E-state index in [0.29, 0.717) is 5.56 Å². The van der Waals surface area contributed by atoms with Crippen LogP contribution in [0.15, 0.2) is 29.2 Å². The van der Waals surface area contributed by atoms with Gasteiger partial charge in [-0.2, -0.15) is 0 Å².